The molecule has 2 aromatic rings. The van der Waals surface area contributed by atoms with Gasteiger partial charge in [-0.1, -0.05) is 30.8 Å². The zero-order valence-electron chi connectivity index (χ0n) is 9.88. The Balaban J connectivity index is 2.08. The van der Waals surface area contributed by atoms with E-state index in [2.05, 4.69) is 40.5 Å². The second-order valence-electron chi connectivity index (χ2n) is 3.79. The van der Waals surface area contributed by atoms with Crippen LogP contribution in [0.2, 0.25) is 0 Å². The van der Waals surface area contributed by atoms with E-state index in [4.69, 9.17) is 5.73 Å². The van der Waals surface area contributed by atoms with E-state index in [0.29, 0.717) is 0 Å². The fourth-order valence-corrected chi connectivity index (χ4v) is 3.06. The lowest BCUT2D eigenvalue weighted by Gasteiger charge is -2.09. The van der Waals surface area contributed by atoms with Crippen molar-refractivity contribution in [2.24, 2.45) is 5.73 Å². The topological polar surface area (TPSA) is 51.8 Å². The van der Waals surface area contributed by atoms with Crippen LogP contribution in [-0.2, 0) is 0 Å². The molecule has 0 fully saturated rings. The molecule has 2 N–H and O–H groups in total. The van der Waals surface area contributed by atoms with Gasteiger partial charge in [-0.3, -0.25) is 0 Å². The number of nitrogens with two attached hydrogens (primary N) is 1. The molecule has 0 bridgehead atoms. The van der Waals surface area contributed by atoms with E-state index in [1.807, 2.05) is 6.92 Å². The second-order valence-corrected chi connectivity index (χ2v) is 5.87. The molecule has 2 rings (SSSR count). The second kappa shape index (κ2) is 5.62. The highest BCUT2D eigenvalue weighted by atomic mass is 32.2. The van der Waals surface area contributed by atoms with Gasteiger partial charge in [-0.2, -0.15) is 4.37 Å². The van der Waals surface area contributed by atoms with Gasteiger partial charge in [-0.05, 0) is 42.6 Å². The van der Waals surface area contributed by atoms with Crippen LogP contribution in [0.3, 0.4) is 0 Å². The maximum Gasteiger partial charge on any atom is 0.174 e. The monoisotopic (exact) mass is 265 g/mol. The molecular weight excluding hydrogens is 250 g/mol. The zero-order chi connectivity index (χ0) is 12.3. The fraction of sp³-hybridized carbons (Fsp3) is 0.333. The van der Waals surface area contributed by atoms with Crippen molar-refractivity contribution in [2.75, 3.05) is 0 Å². The molecule has 3 nitrogen and oxygen atoms in total. The van der Waals surface area contributed by atoms with Crippen molar-refractivity contribution in [1.29, 1.82) is 0 Å². The lowest BCUT2D eigenvalue weighted by atomic mass is 10.1. The van der Waals surface area contributed by atoms with Gasteiger partial charge in [-0.25, -0.2) is 4.98 Å². The molecule has 0 aliphatic carbocycles. The molecule has 0 spiro atoms. The van der Waals surface area contributed by atoms with E-state index in [0.717, 1.165) is 16.6 Å². The van der Waals surface area contributed by atoms with E-state index in [1.165, 1.54) is 22.0 Å². The van der Waals surface area contributed by atoms with Crippen LogP contribution in [0, 0.1) is 6.92 Å². The van der Waals surface area contributed by atoms with E-state index >= 15 is 0 Å². The number of hydrogen-bond donors (Lipinski definition) is 1. The number of rotatable bonds is 4. The number of aromatic nitrogens is 2. The Bertz CT molecular complexity index is 479. The van der Waals surface area contributed by atoms with Gasteiger partial charge >= 0.3 is 0 Å². The highest BCUT2D eigenvalue weighted by Crippen LogP contribution is 2.29. The summed E-state index contributed by atoms with van der Waals surface area (Å²) in [6.07, 6.45) is 0.960. The summed E-state index contributed by atoms with van der Waals surface area (Å²) in [5, 5.41) is 0. The van der Waals surface area contributed by atoms with Gasteiger partial charge in [0.1, 0.15) is 5.82 Å². The molecule has 0 saturated heterocycles. The quantitative estimate of drug-likeness (QED) is 0.920. The lowest BCUT2D eigenvalue weighted by Crippen LogP contribution is -2.07. The van der Waals surface area contributed by atoms with Gasteiger partial charge in [0.25, 0.3) is 0 Å². The first-order chi connectivity index (χ1) is 8.19. The van der Waals surface area contributed by atoms with Crippen LogP contribution in [0.5, 0.6) is 0 Å². The molecule has 1 aromatic carbocycles. The molecule has 0 amide bonds. The third-order valence-electron chi connectivity index (χ3n) is 2.46. The van der Waals surface area contributed by atoms with Crippen molar-refractivity contribution in [3.05, 3.63) is 35.7 Å². The highest BCUT2D eigenvalue weighted by Gasteiger charge is 2.05. The average molecular weight is 265 g/mol. The average Bonchev–Trinajstić information content (AvgIpc) is 2.75. The number of nitrogens with zero attached hydrogens (tertiary/aromatic N) is 2. The molecule has 5 heteroatoms. The third-order valence-corrected chi connectivity index (χ3v) is 4.31. The Hall–Kier alpha value is -0.910. The summed E-state index contributed by atoms with van der Waals surface area (Å²) in [6, 6.07) is 8.49. The van der Waals surface area contributed by atoms with E-state index in [9.17, 15) is 0 Å². The van der Waals surface area contributed by atoms with Gasteiger partial charge in [0, 0.05) is 10.9 Å². The minimum Gasteiger partial charge on any atom is -0.324 e. The number of aryl methyl sites for hydroxylation is 1. The molecule has 1 heterocycles. The normalized spacial score (nSPS) is 12.6. The first-order valence-electron chi connectivity index (χ1n) is 5.52. The van der Waals surface area contributed by atoms with Crippen molar-refractivity contribution in [2.45, 2.75) is 35.5 Å². The van der Waals surface area contributed by atoms with E-state index in [1.54, 1.807) is 11.8 Å². The molecule has 0 aliphatic rings. The Morgan fingerprint density at radius 1 is 1.35 bits per heavy atom. The van der Waals surface area contributed by atoms with Crippen LogP contribution in [0.15, 0.2) is 33.5 Å². The molecule has 17 heavy (non-hydrogen) atoms. The predicted octanol–water partition coefficient (Wildman–Crippen LogP) is 3.41. The molecule has 0 radical (unpaired) electrons. The van der Waals surface area contributed by atoms with Crippen LogP contribution < -0.4 is 5.73 Å². The Kier molecular flexibility index (Phi) is 4.15. The lowest BCUT2D eigenvalue weighted by molar-refractivity contribution is 0.698. The first-order valence-corrected chi connectivity index (χ1v) is 7.11. The highest BCUT2D eigenvalue weighted by molar-refractivity contribution is 8.01. The standard InChI is InChI=1S/C12H15N3S2/c1-3-11(13)9-4-6-10(7-5-9)16-12-14-8(2)15-17-12/h4-7,11H,3,13H2,1-2H3/t11-/m1/s1. The maximum atomic E-state index is 5.97. The fourth-order valence-electron chi connectivity index (χ4n) is 1.44. The van der Waals surface area contributed by atoms with E-state index < -0.39 is 0 Å². The van der Waals surface area contributed by atoms with Crippen LogP contribution in [0.4, 0.5) is 0 Å². The number of benzene rings is 1. The van der Waals surface area contributed by atoms with Gasteiger partial charge in [0.2, 0.25) is 0 Å². The molecule has 1 aromatic heterocycles. The smallest absolute Gasteiger partial charge is 0.174 e. The van der Waals surface area contributed by atoms with Crippen molar-refractivity contribution in [1.82, 2.24) is 9.36 Å². The summed E-state index contributed by atoms with van der Waals surface area (Å²) in [5.74, 6) is 0.835. The van der Waals surface area contributed by atoms with Crippen molar-refractivity contribution >= 4 is 23.3 Å². The van der Waals surface area contributed by atoms with Crippen LogP contribution >= 0.6 is 23.3 Å². The molecule has 0 saturated carbocycles. The summed E-state index contributed by atoms with van der Waals surface area (Å²) in [7, 11) is 0. The maximum absolute atomic E-state index is 5.97. The van der Waals surface area contributed by atoms with Crippen LogP contribution in [-0.4, -0.2) is 9.36 Å². The number of hydrogen-bond acceptors (Lipinski definition) is 5. The van der Waals surface area contributed by atoms with Crippen molar-refractivity contribution < 1.29 is 0 Å². The van der Waals surface area contributed by atoms with Crippen molar-refractivity contribution in [3.63, 3.8) is 0 Å². The SMILES string of the molecule is CC[C@@H](N)c1ccc(Sc2nc(C)ns2)cc1. The minimum atomic E-state index is 0.137. The molecule has 0 aliphatic heterocycles. The Morgan fingerprint density at radius 2 is 2.06 bits per heavy atom. The molecule has 0 unspecified atom stereocenters. The zero-order valence-corrected chi connectivity index (χ0v) is 11.5. The summed E-state index contributed by atoms with van der Waals surface area (Å²) in [5.41, 5.74) is 7.16. The van der Waals surface area contributed by atoms with Crippen LogP contribution in [0.25, 0.3) is 0 Å². The molecular formula is C12H15N3S2. The van der Waals surface area contributed by atoms with E-state index in [-0.39, 0.29) is 6.04 Å². The van der Waals surface area contributed by atoms with Gasteiger partial charge in [0.15, 0.2) is 4.34 Å². The molecule has 90 valence electrons. The van der Waals surface area contributed by atoms with Crippen molar-refractivity contribution in [3.8, 4) is 0 Å². The summed E-state index contributed by atoms with van der Waals surface area (Å²) in [4.78, 5) is 5.50. The largest absolute Gasteiger partial charge is 0.324 e. The summed E-state index contributed by atoms with van der Waals surface area (Å²) < 4.78 is 5.14. The van der Waals surface area contributed by atoms with Gasteiger partial charge < -0.3 is 5.73 Å². The third kappa shape index (κ3) is 3.28. The Labute approximate surface area is 110 Å². The summed E-state index contributed by atoms with van der Waals surface area (Å²) >= 11 is 3.08. The Morgan fingerprint density at radius 3 is 2.59 bits per heavy atom. The minimum absolute atomic E-state index is 0.137. The molecule has 1 atom stereocenters. The van der Waals surface area contributed by atoms with Gasteiger partial charge in [-0.15, -0.1) is 0 Å². The summed E-state index contributed by atoms with van der Waals surface area (Å²) in [6.45, 7) is 4.00. The van der Waals surface area contributed by atoms with Crippen LogP contribution in [0.1, 0.15) is 30.8 Å². The first kappa shape index (κ1) is 12.5. The predicted molar refractivity (Wildman–Crippen MR) is 72.4 cm³/mol. The van der Waals surface area contributed by atoms with Gasteiger partial charge in [0.05, 0.1) is 0 Å².